The number of nitrogens with one attached hydrogen (secondary N) is 2. The zero-order valence-corrected chi connectivity index (χ0v) is 15.9. The summed E-state index contributed by atoms with van der Waals surface area (Å²) in [6.07, 6.45) is 1.22. The maximum atomic E-state index is 5.45. The first-order valence-corrected chi connectivity index (χ1v) is 9.44. The Kier molecular flexibility index (Phi) is 6.05. The van der Waals surface area contributed by atoms with E-state index in [1.807, 2.05) is 12.1 Å². The average Bonchev–Trinajstić information content (AvgIpc) is 3.11. The van der Waals surface area contributed by atoms with Gasteiger partial charge in [0.15, 0.2) is 5.11 Å². The van der Waals surface area contributed by atoms with Gasteiger partial charge in [0, 0.05) is 24.8 Å². The van der Waals surface area contributed by atoms with Crippen molar-refractivity contribution in [3.8, 4) is 0 Å². The van der Waals surface area contributed by atoms with E-state index < -0.39 is 0 Å². The number of hydrogen-bond donors (Lipinski definition) is 2. The van der Waals surface area contributed by atoms with E-state index in [0.717, 1.165) is 25.3 Å². The van der Waals surface area contributed by atoms with Crippen LogP contribution in [0.2, 0.25) is 0 Å². The number of aryl methyl sites for hydroxylation is 1. The lowest BCUT2D eigenvalue weighted by molar-refractivity contribution is 0.253. The normalized spacial score (nSPS) is 18.7. The summed E-state index contributed by atoms with van der Waals surface area (Å²) in [6.45, 7) is 7.59. The highest BCUT2D eigenvalue weighted by atomic mass is 32.1. The Morgan fingerprint density at radius 1 is 1.16 bits per heavy atom. The molecule has 0 amide bonds. The molecule has 132 valence electrons. The van der Waals surface area contributed by atoms with Crippen LogP contribution in [0.5, 0.6) is 0 Å². The lowest BCUT2D eigenvalue weighted by atomic mass is 10.1. The third-order valence-corrected chi connectivity index (χ3v) is 5.34. The van der Waals surface area contributed by atoms with Crippen LogP contribution in [0.3, 0.4) is 0 Å². The van der Waals surface area contributed by atoms with Gasteiger partial charge in [-0.05, 0) is 62.1 Å². The van der Waals surface area contributed by atoms with Crippen molar-refractivity contribution in [2.24, 2.45) is 5.92 Å². The van der Waals surface area contributed by atoms with Gasteiger partial charge in [0.2, 0.25) is 0 Å². The van der Waals surface area contributed by atoms with Gasteiger partial charge in [-0.3, -0.25) is 4.90 Å². The Bertz CT molecular complexity index is 701. The van der Waals surface area contributed by atoms with Gasteiger partial charge in [-0.15, -0.1) is 0 Å². The zero-order chi connectivity index (χ0) is 17.6. The summed E-state index contributed by atoms with van der Waals surface area (Å²) >= 11 is 5.45. The maximum Gasteiger partial charge on any atom is 0.170 e. The molecule has 0 aliphatic carbocycles. The molecule has 25 heavy (non-hydrogen) atoms. The van der Waals surface area contributed by atoms with Crippen molar-refractivity contribution in [1.29, 1.82) is 0 Å². The van der Waals surface area contributed by atoms with Crippen LogP contribution in [-0.2, 0) is 0 Å². The number of benzene rings is 2. The van der Waals surface area contributed by atoms with E-state index >= 15 is 0 Å². The van der Waals surface area contributed by atoms with Crippen LogP contribution in [0.15, 0.2) is 54.6 Å². The predicted octanol–water partition coefficient (Wildman–Crippen LogP) is 4.36. The molecule has 3 rings (SSSR count). The summed E-state index contributed by atoms with van der Waals surface area (Å²) < 4.78 is 0. The monoisotopic (exact) mass is 353 g/mol. The van der Waals surface area contributed by atoms with Crippen LogP contribution in [0, 0.1) is 12.8 Å². The van der Waals surface area contributed by atoms with E-state index in [1.54, 1.807) is 0 Å². The standard InChI is InChI=1S/C21H27N3S/c1-16-8-6-7-11-20(16)23-21(25)22-14-18-12-13-24(15-18)17(2)19-9-4-3-5-10-19/h3-11,17-18H,12-15H2,1-2H3,(H2,22,23,25)/t17-,18+/m1/s1. The summed E-state index contributed by atoms with van der Waals surface area (Å²) in [4.78, 5) is 2.57. The van der Waals surface area contributed by atoms with E-state index in [0.29, 0.717) is 17.1 Å². The number of likely N-dealkylation sites (tertiary alicyclic amines) is 1. The van der Waals surface area contributed by atoms with Gasteiger partial charge in [-0.25, -0.2) is 0 Å². The van der Waals surface area contributed by atoms with Crippen molar-refractivity contribution in [2.45, 2.75) is 26.3 Å². The van der Waals surface area contributed by atoms with Gasteiger partial charge < -0.3 is 10.6 Å². The number of thiocarbonyl (C=S) groups is 1. The number of hydrogen-bond acceptors (Lipinski definition) is 2. The van der Waals surface area contributed by atoms with Crippen molar-refractivity contribution in [3.05, 3.63) is 65.7 Å². The molecule has 0 unspecified atom stereocenters. The van der Waals surface area contributed by atoms with E-state index in [4.69, 9.17) is 12.2 Å². The van der Waals surface area contributed by atoms with E-state index in [9.17, 15) is 0 Å². The van der Waals surface area contributed by atoms with Crippen LogP contribution >= 0.6 is 12.2 Å². The number of nitrogens with zero attached hydrogens (tertiary/aromatic N) is 1. The fraction of sp³-hybridized carbons (Fsp3) is 0.381. The quantitative estimate of drug-likeness (QED) is 0.781. The molecule has 1 aliphatic heterocycles. The molecule has 1 fully saturated rings. The van der Waals surface area contributed by atoms with Crippen LogP contribution in [-0.4, -0.2) is 29.6 Å². The molecule has 3 nitrogen and oxygen atoms in total. The summed E-state index contributed by atoms with van der Waals surface area (Å²) in [5, 5.41) is 7.41. The van der Waals surface area contributed by atoms with Gasteiger partial charge >= 0.3 is 0 Å². The van der Waals surface area contributed by atoms with E-state index in [2.05, 4.69) is 71.8 Å². The van der Waals surface area contributed by atoms with Crippen molar-refractivity contribution in [3.63, 3.8) is 0 Å². The highest BCUT2D eigenvalue weighted by Crippen LogP contribution is 2.26. The molecule has 0 saturated carbocycles. The van der Waals surface area contributed by atoms with Crippen molar-refractivity contribution >= 4 is 23.0 Å². The molecule has 0 radical (unpaired) electrons. The molecule has 0 bridgehead atoms. The Morgan fingerprint density at radius 2 is 1.88 bits per heavy atom. The fourth-order valence-corrected chi connectivity index (χ4v) is 3.63. The highest BCUT2D eigenvalue weighted by Gasteiger charge is 2.26. The molecular weight excluding hydrogens is 326 g/mol. The van der Waals surface area contributed by atoms with E-state index in [1.165, 1.54) is 17.5 Å². The van der Waals surface area contributed by atoms with Crippen LogP contribution in [0.1, 0.15) is 30.5 Å². The Morgan fingerprint density at radius 3 is 2.64 bits per heavy atom. The van der Waals surface area contributed by atoms with Crippen LogP contribution in [0.25, 0.3) is 0 Å². The molecule has 2 N–H and O–H groups in total. The second kappa shape index (κ2) is 8.45. The van der Waals surface area contributed by atoms with Crippen molar-refractivity contribution < 1.29 is 0 Å². The molecule has 1 saturated heterocycles. The second-order valence-electron chi connectivity index (χ2n) is 6.89. The van der Waals surface area contributed by atoms with Gasteiger partial charge in [0.05, 0.1) is 0 Å². The van der Waals surface area contributed by atoms with Crippen molar-refractivity contribution in [2.75, 3.05) is 25.0 Å². The lowest BCUT2D eigenvalue weighted by Crippen LogP contribution is -2.34. The topological polar surface area (TPSA) is 27.3 Å². The molecule has 0 aromatic heterocycles. The Labute approximate surface area is 156 Å². The van der Waals surface area contributed by atoms with Gasteiger partial charge in [0.1, 0.15) is 0 Å². The predicted molar refractivity (Wildman–Crippen MR) is 110 cm³/mol. The molecule has 1 aliphatic rings. The number of para-hydroxylation sites is 1. The van der Waals surface area contributed by atoms with Gasteiger partial charge in [-0.2, -0.15) is 0 Å². The molecule has 2 aromatic carbocycles. The van der Waals surface area contributed by atoms with E-state index in [-0.39, 0.29) is 0 Å². The van der Waals surface area contributed by atoms with Crippen LogP contribution < -0.4 is 10.6 Å². The third-order valence-electron chi connectivity index (χ3n) is 5.09. The maximum absolute atomic E-state index is 5.45. The number of anilines is 1. The zero-order valence-electron chi connectivity index (χ0n) is 15.0. The molecule has 4 heteroatoms. The second-order valence-corrected chi connectivity index (χ2v) is 7.29. The molecule has 2 aromatic rings. The minimum absolute atomic E-state index is 0.475. The molecule has 1 heterocycles. The summed E-state index contributed by atoms with van der Waals surface area (Å²) in [6, 6.07) is 19.4. The lowest BCUT2D eigenvalue weighted by Gasteiger charge is -2.25. The number of rotatable bonds is 5. The first-order chi connectivity index (χ1) is 12.1. The molecule has 2 atom stereocenters. The fourth-order valence-electron chi connectivity index (χ4n) is 3.44. The highest BCUT2D eigenvalue weighted by molar-refractivity contribution is 7.80. The summed E-state index contributed by atoms with van der Waals surface area (Å²) in [7, 11) is 0. The van der Waals surface area contributed by atoms with Crippen molar-refractivity contribution in [1.82, 2.24) is 10.2 Å². The average molecular weight is 354 g/mol. The van der Waals surface area contributed by atoms with Crippen LogP contribution in [0.4, 0.5) is 5.69 Å². The SMILES string of the molecule is Cc1ccccc1NC(=S)NC[C@@H]1CCN([C@H](C)c2ccccc2)C1. The molecular formula is C21H27N3S. The Balaban J connectivity index is 1.45. The summed E-state index contributed by atoms with van der Waals surface area (Å²) in [5.74, 6) is 0.641. The van der Waals surface area contributed by atoms with Gasteiger partial charge in [0.25, 0.3) is 0 Å². The third kappa shape index (κ3) is 4.80. The minimum Gasteiger partial charge on any atom is -0.362 e. The smallest absolute Gasteiger partial charge is 0.170 e. The first kappa shape index (κ1) is 17.9. The first-order valence-electron chi connectivity index (χ1n) is 9.03. The Hall–Kier alpha value is -1.91. The minimum atomic E-state index is 0.475. The largest absolute Gasteiger partial charge is 0.362 e. The van der Waals surface area contributed by atoms with Gasteiger partial charge in [-0.1, -0.05) is 48.5 Å². The summed E-state index contributed by atoms with van der Waals surface area (Å²) in [5.41, 5.74) is 3.67. The molecule has 0 spiro atoms.